The number of hydrogen-bond donors (Lipinski definition) is 1. The Kier molecular flexibility index (Phi) is 11.5. The molecule has 1 saturated heterocycles. The average Bonchev–Trinajstić information content (AvgIpc) is 3.41. The third kappa shape index (κ3) is 7.79. The largest absolute Gasteiger partial charge is 0.383 e. The van der Waals surface area contributed by atoms with Gasteiger partial charge in [-0.1, -0.05) is 76.6 Å². The van der Waals surface area contributed by atoms with Gasteiger partial charge in [-0.25, -0.2) is 0 Å². The highest BCUT2D eigenvalue weighted by atomic mass is 15.3. The third-order valence-corrected chi connectivity index (χ3v) is 10.8. The Morgan fingerprint density at radius 3 is 2.19 bits per heavy atom. The van der Waals surface area contributed by atoms with Gasteiger partial charge in [-0.3, -0.25) is 4.99 Å². The van der Waals surface area contributed by atoms with Gasteiger partial charge in [0.25, 0.3) is 0 Å². The van der Waals surface area contributed by atoms with Gasteiger partial charge in [-0.2, -0.15) is 0 Å². The highest BCUT2D eigenvalue weighted by molar-refractivity contribution is 5.79. The highest BCUT2D eigenvalue weighted by Crippen LogP contribution is 2.43. The minimum absolute atomic E-state index is 0.164. The maximum atomic E-state index is 4.91. The molecule has 2 aromatic carbocycles. The predicted molar refractivity (Wildman–Crippen MR) is 205 cm³/mol. The predicted octanol–water partition coefficient (Wildman–Crippen LogP) is 10.1. The lowest BCUT2D eigenvalue weighted by Crippen LogP contribution is -2.48. The summed E-state index contributed by atoms with van der Waals surface area (Å²) in [7, 11) is 0. The van der Waals surface area contributed by atoms with E-state index in [0.717, 1.165) is 57.2 Å². The van der Waals surface area contributed by atoms with E-state index in [1.807, 2.05) is 6.21 Å². The summed E-state index contributed by atoms with van der Waals surface area (Å²) in [6.07, 6.45) is 17.4. The van der Waals surface area contributed by atoms with Gasteiger partial charge in [0.05, 0.1) is 17.8 Å². The zero-order valence-electron chi connectivity index (χ0n) is 30.1. The molecule has 2 aromatic rings. The van der Waals surface area contributed by atoms with Crippen molar-refractivity contribution in [3.05, 3.63) is 101 Å². The fourth-order valence-corrected chi connectivity index (χ4v) is 8.39. The van der Waals surface area contributed by atoms with Gasteiger partial charge in [0.2, 0.25) is 0 Å². The number of fused-ring (bicyclic) bond motifs is 3. The molecule has 0 aliphatic carbocycles. The van der Waals surface area contributed by atoms with Crippen LogP contribution < -0.4 is 10.2 Å². The Hall–Kier alpha value is -3.53. The number of hydrogen-bond acceptors (Lipinski definition) is 4. The molecule has 3 unspecified atom stereocenters. The molecule has 3 aliphatic heterocycles. The van der Waals surface area contributed by atoms with Crippen molar-refractivity contribution in [2.75, 3.05) is 11.4 Å². The summed E-state index contributed by atoms with van der Waals surface area (Å²) in [6.45, 7) is 29.8. The summed E-state index contributed by atoms with van der Waals surface area (Å²) < 4.78 is 0. The first kappa shape index (κ1) is 34.8. The maximum Gasteiger partial charge on any atom is 0.0664 e. The number of nitrogens with zero attached hydrogens (tertiary/aromatic N) is 3. The molecule has 3 atom stereocenters. The second-order valence-corrected chi connectivity index (χ2v) is 14.6. The Morgan fingerprint density at radius 1 is 0.872 bits per heavy atom. The van der Waals surface area contributed by atoms with Crippen molar-refractivity contribution in [3.63, 3.8) is 0 Å². The molecule has 0 saturated carbocycles. The molecule has 252 valence electrons. The van der Waals surface area contributed by atoms with Crippen LogP contribution in [0, 0.1) is 0 Å². The number of benzene rings is 2. The van der Waals surface area contributed by atoms with Crippen LogP contribution in [0.5, 0.6) is 0 Å². The fourth-order valence-electron chi connectivity index (χ4n) is 8.39. The summed E-state index contributed by atoms with van der Waals surface area (Å²) in [5, 5.41) is 3.30. The Labute approximate surface area is 286 Å². The third-order valence-electron chi connectivity index (χ3n) is 10.8. The van der Waals surface area contributed by atoms with Crippen molar-refractivity contribution >= 4 is 23.3 Å². The summed E-state index contributed by atoms with van der Waals surface area (Å²) >= 11 is 0. The van der Waals surface area contributed by atoms with Gasteiger partial charge >= 0.3 is 0 Å². The van der Waals surface area contributed by atoms with E-state index < -0.39 is 0 Å². The highest BCUT2D eigenvalue weighted by Gasteiger charge is 2.40. The van der Waals surface area contributed by atoms with Crippen LogP contribution in [0.2, 0.25) is 0 Å². The van der Waals surface area contributed by atoms with Crippen LogP contribution >= 0.6 is 0 Å². The smallest absolute Gasteiger partial charge is 0.0664 e. The molecule has 0 aromatic heterocycles. The van der Waals surface area contributed by atoms with Gasteiger partial charge in [0.1, 0.15) is 0 Å². The van der Waals surface area contributed by atoms with E-state index >= 15 is 0 Å². The summed E-state index contributed by atoms with van der Waals surface area (Å²) in [5.74, 6) is 0. The summed E-state index contributed by atoms with van der Waals surface area (Å²) in [4.78, 5) is 10.1. The molecule has 0 bridgehead atoms. The minimum atomic E-state index is 0.164. The van der Waals surface area contributed by atoms with Crippen molar-refractivity contribution in [3.8, 4) is 0 Å². The second-order valence-electron chi connectivity index (χ2n) is 14.6. The first-order chi connectivity index (χ1) is 22.6. The molecule has 0 spiro atoms. The Balaban J connectivity index is 1.19. The zero-order valence-corrected chi connectivity index (χ0v) is 30.1. The van der Waals surface area contributed by atoms with Crippen LogP contribution in [-0.2, 0) is 32.1 Å². The molecule has 0 amide bonds. The Morgan fingerprint density at radius 2 is 1.53 bits per heavy atom. The normalized spacial score (nSPS) is 21.6. The van der Waals surface area contributed by atoms with E-state index in [1.165, 1.54) is 88.0 Å². The van der Waals surface area contributed by atoms with E-state index in [0.29, 0.717) is 18.1 Å². The maximum absolute atomic E-state index is 4.91. The molecule has 3 heterocycles. The summed E-state index contributed by atoms with van der Waals surface area (Å²) in [5.41, 5.74) is 14.9. The van der Waals surface area contributed by atoms with Crippen LogP contribution in [0.3, 0.4) is 0 Å². The number of nitrogens with one attached hydrogen (secondary N) is 1. The molecule has 4 nitrogen and oxygen atoms in total. The van der Waals surface area contributed by atoms with E-state index in [2.05, 4.69) is 100 Å². The zero-order chi connectivity index (χ0) is 33.7. The second kappa shape index (κ2) is 15.6. The minimum Gasteiger partial charge on any atom is -0.383 e. The van der Waals surface area contributed by atoms with Gasteiger partial charge in [-0.05, 0) is 131 Å². The topological polar surface area (TPSA) is 30.9 Å². The standard InChI is InChI=1S/C43H60N4/c1-10-34-23-38-20-30(6)21-39(44-12-3)27-45-41(38)25-36(34)18-16-14-13-15-17-19-37-26-43-40(24-35(37)11-2)32(8)46-28-31(7)22-42(46)33(9)47(43)29(4)5/h12,23-27,29,33,39,42,44H,3,6-8,10-11,13-22,28H2,1-2,4-5,9H3/b45-27-. The fraction of sp³-hybridized carbons (Fsp3) is 0.512. The number of aryl methyl sites for hydroxylation is 4. The van der Waals surface area contributed by atoms with Crippen LogP contribution in [0.25, 0.3) is 5.70 Å². The first-order valence-corrected chi connectivity index (χ1v) is 18.4. The van der Waals surface area contributed by atoms with E-state index in [9.17, 15) is 0 Å². The van der Waals surface area contributed by atoms with Crippen LogP contribution in [-0.4, -0.2) is 41.8 Å². The SMILES string of the molecule is C=CNC1/C=N\c2cc(CCCCCCCc3cc4c(cc3CC)C(=C)N3CC(=C)CC3C(C)N4C(C)C)c(CC)cc2CC(=C)C1. The monoisotopic (exact) mass is 632 g/mol. The molecule has 1 N–H and O–H groups in total. The van der Waals surface area contributed by atoms with Crippen molar-refractivity contribution in [1.82, 2.24) is 10.2 Å². The quantitative estimate of drug-likeness (QED) is 0.176. The van der Waals surface area contributed by atoms with Gasteiger partial charge < -0.3 is 15.1 Å². The molecular weight excluding hydrogens is 573 g/mol. The van der Waals surface area contributed by atoms with Gasteiger partial charge in [0, 0.05) is 41.8 Å². The lowest BCUT2D eigenvalue weighted by molar-refractivity contribution is 0.319. The Bertz CT molecular complexity index is 1510. The number of aliphatic imine (C=N–C) groups is 1. The molecule has 4 heteroatoms. The molecular formula is C43H60N4. The average molecular weight is 633 g/mol. The van der Waals surface area contributed by atoms with Crippen LogP contribution in [0.1, 0.15) is 113 Å². The van der Waals surface area contributed by atoms with Crippen LogP contribution in [0.15, 0.2) is 72.9 Å². The molecule has 1 fully saturated rings. The van der Waals surface area contributed by atoms with Gasteiger partial charge in [-0.15, -0.1) is 0 Å². The lowest BCUT2D eigenvalue weighted by Gasteiger charge is -2.38. The number of anilines is 1. The van der Waals surface area contributed by atoms with Crippen molar-refractivity contribution in [2.45, 2.75) is 136 Å². The number of rotatable bonds is 13. The van der Waals surface area contributed by atoms with Crippen molar-refractivity contribution in [1.29, 1.82) is 0 Å². The van der Waals surface area contributed by atoms with E-state index in [-0.39, 0.29) is 6.04 Å². The van der Waals surface area contributed by atoms with Crippen molar-refractivity contribution < 1.29 is 0 Å². The summed E-state index contributed by atoms with van der Waals surface area (Å²) in [6, 6.07) is 11.2. The van der Waals surface area contributed by atoms with Gasteiger partial charge in [0.15, 0.2) is 0 Å². The molecule has 5 rings (SSSR count). The molecule has 0 radical (unpaired) electrons. The lowest BCUT2D eigenvalue weighted by atomic mass is 9.91. The number of unbranched alkanes of at least 4 members (excludes halogenated alkanes) is 4. The van der Waals surface area contributed by atoms with Crippen LogP contribution in [0.4, 0.5) is 11.4 Å². The van der Waals surface area contributed by atoms with Crippen molar-refractivity contribution in [2.24, 2.45) is 4.99 Å². The van der Waals surface area contributed by atoms with E-state index in [4.69, 9.17) is 4.99 Å². The van der Waals surface area contributed by atoms with E-state index in [1.54, 1.807) is 6.20 Å². The first-order valence-electron chi connectivity index (χ1n) is 18.4. The molecule has 47 heavy (non-hydrogen) atoms. The molecule has 3 aliphatic rings.